The van der Waals surface area contributed by atoms with Crippen LogP contribution in [0.25, 0.3) is 21.5 Å². The van der Waals surface area contributed by atoms with Crippen molar-refractivity contribution < 1.29 is 27.8 Å². The second-order valence-corrected chi connectivity index (χ2v) is 8.07. The standard InChI is InChI=1S/C22H17F3N2O3S/c1-12-19(31-21(27-12)13-2-4-15(5-3-13)22(23,24)25)11-30-16-6-7-18-17(9-16)14(10-26-18)8-20(28)29/h2-7,9-10,26H,8,11H2,1H3,(H,28,29). The number of thiazole rings is 1. The second kappa shape index (κ2) is 8.07. The van der Waals surface area contributed by atoms with Crippen LogP contribution in [0.4, 0.5) is 13.2 Å². The Morgan fingerprint density at radius 3 is 2.61 bits per heavy atom. The number of alkyl halides is 3. The highest BCUT2D eigenvalue weighted by molar-refractivity contribution is 7.15. The molecule has 0 radical (unpaired) electrons. The summed E-state index contributed by atoms with van der Waals surface area (Å²) >= 11 is 1.36. The summed E-state index contributed by atoms with van der Waals surface area (Å²) in [6.07, 6.45) is -2.79. The lowest BCUT2D eigenvalue weighted by atomic mass is 10.1. The minimum absolute atomic E-state index is 0.0894. The highest BCUT2D eigenvalue weighted by Gasteiger charge is 2.30. The first-order valence-electron chi connectivity index (χ1n) is 9.29. The van der Waals surface area contributed by atoms with Crippen molar-refractivity contribution in [2.75, 3.05) is 0 Å². The van der Waals surface area contributed by atoms with Crippen LogP contribution in [0.1, 0.15) is 21.7 Å². The van der Waals surface area contributed by atoms with Crippen molar-refractivity contribution in [2.24, 2.45) is 0 Å². The number of H-pyrrole nitrogens is 1. The average Bonchev–Trinajstić information content (AvgIpc) is 3.28. The van der Waals surface area contributed by atoms with Crippen LogP contribution in [0.5, 0.6) is 5.75 Å². The van der Waals surface area contributed by atoms with Gasteiger partial charge in [0.2, 0.25) is 0 Å². The SMILES string of the molecule is Cc1nc(-c2ccc(C(F)(F)F)cc2)sc1COc1ccc2[nH]cc(CC(=O)O)c2c1. The Morgan fingerprint density at radius 2 is 1.94 bits per heavy atom. The Kier molecular flexibility index (Phi) is 5.45. The van der Waals surface area contributed by atoms with Gasteiger partial charge in [0.15, 0.2) is 0 Å². The number of nitrogens with one attached hydrogen (secondary N) is 1. The minimum Gasteiger partial charge on any atom is -0.488 e. The Labute approximate surface area is 179 Å². The summed E-state index contributed by atoms with van der Waals surface area (Å²) in [5.74, 6) is -0.328. The molecule has 2 heterocycles. The fourth-order valence-corrected chi connectivity index (χ4v) is 4.17. The summed E-state index contributed by atoms with van der Waals surface area (Å²) in [6.45, 7) is 2.07. The third-order valence-electron chi connectivity index (χ3n) is 4.80. The van der Waals surface area contributed by atoms with Crippen LogP contribution in [-0.2, 0) is 24.0 Å². The molecule has 0 saturated carbocycles. The lowest BCUT2D eigenvalue weighted by Crippen LogP contribution is -2.03. The number of carboxylic acid groups (broad SMARTS) is 1. The molecule has 0 aliphatic rings. The lowest BCUT2D eigenvalue weighted by Gasteiger charge is -2.06. The Hall–Kier alpha value is -3.33. The topological polar surface area (TPSA) is 75.2 Å². The fraction of sp³-hybridized carbons (Fsp3) is 0.182. The van der Waals surface area contributed by atoms with E-state index in [2.05, 4.69) is 9.97 Å². The van der Waals surface area contributed by atoms with Crippen molar-refractivity contribution in [3.63, 3.8) is 0 Å². The van der Waals surface area contributed by atoms with Gasteiger partial charge in [-0.05, 0) is 42.8 Å². The highest BCUT2D eigenvalue weighted by Crippen LogP contribution is 2.33. The van der Waals surface area contributed by atoms with E-state index in [0.29, 0.717) is 21.9 Å². The number of carboxylic acids is 1. The van der Waals surface area contributed by atoms with Crippen LogP contribution in [0, 0.1) is 6.92 Å². The van der Waals surface area contributed by atoms with Crippen LogP contribution < -0.4 is 4.74 Å². The van der Waals surface area contributed by atoms with Gasteiger partial charge in [0.1, 0.15) is 17.4 Å². The number of nitrogens with zero attached hydrogens (tertiary/aromatic N) is 1. The first kappa shape index (κ1) is 20.9. The van der Waals surface area contributed by atoms with Crippen molar-refractivity contribution >= 4 is 28.2 Å². The normalized spacial score (nSPS) is 11.7. The number of benzene rings is 2. The number of hydrogen-bond acceptors (Lipinski definition) is 4. The van der Waals surface area contributed by atoms with Gasteiger partial charge in [-0.1, -0.05) is 12.1 Å². The Morgan fingerprint density at radius 1 is 1.19 bits per heavy atom. The highest BCUT2D eigenvalue weighted by atomic mass is 32.1. The maximum Gasteiger partial charge on any atom is 0.416 e. The van der Waals surface area contributed by atoms with Gasteiger partial charge in [-0.2, -0.15) is 13.2 Å². The zero-order chi connectivity index (χ0) is 22.2. The van der Waals surface area contributed by atoms with E-state index >= 15 is 0 Å². The van der Waals surface area contributed by atoms with Gasteiger partial charge in [-0.25, -0.2) is 4.98 Å². The van der Waals surface area contributed by atoms with Gasteiger partial charge in [0.25, 0.3) is 0 Å². The monoisotopic (exact) mass is 446 g/mol. The molecular weight excluding hydrogens is 429 g/mol. The van der Waals surface area contributed by atoms with E-state index < -0.39 is 17.7 Å². The van der Waals surface area contributed by atoms with Crippen LogP contribution in [0.3, 0.4) is 0 Å². The van der Waals surface area contributed by atoms with E-state index in [-0.39, 0.29) is 13.0 Å². The fourth-order valence-electron chi connectivity index (χ4n) is 3.19. The van der Waals surface area contributed by atoms with E-state index in [1.807, 2.05) is 13.0 Å². The summed E-state index contributed by atoms with van der Waals surface area (Å²) in [6, 6.07) is 10.3. The molecule has 0 saturated heterocycles. The molecule has 160 valence electrons. The third kappa shape index (κ3) is 4.56. The van der Waals surface area contributed by atoms with Gasteiger partial charge in [-0.3, -0.25) is 4.79 Å². The van der Waals surface area contributed by atoms with Crippen molar-refractivity contribution in [1.29, 1.82) is 0 Å². The molecule has 0 fully saturated rings. The van der Waals surface area contributed by atoms with Crippen molar-refractivity contribution in [3.05, 3.63) is 70.4 Å². The quantitative estimate of drug-likeness (QED) is 0.391. The number of hydrogen-bond donors (Lipinski definition) is 2. The zero-order valence-corrected chi connectivity index (χ0v) is 17.1. The molecule has 0 unspecified atom stereocenters. The van der Waals surface area contributed by atoms with E-state index in [1.165, 1.54) is 23.5 Å². The number of halogens is 3. The molecular formula is C22H17F3N2O3S. The number of fused-ring (bicyclic) bond motifs is 1. The van der Waals surface area contributed by atoms with E-state index in [9.17, 15) is 18.0 Å². The number of carbonyl (C=O) groups is 1. The number of aliphatic carboxylic acids is 1. The number of ether oxygens (including phenoxy) is 1. The Balaban J connectivity index is 1.51. The van der Waals surface area contributed by atoms with Gasteiger partial charge in [0.05, 0.1) is 22.6 Å². The molecule has 9 heteroatoms. The van der Waals surface area contributed by atoms with Crippen LogP contribution in [0.2, 0.25) is 0 Å². The second-order valence-electron chi connectivity index (χ2n) is 6.98. The molecule has 4 aromatic rings. The van der Waals surface area contributed by atoms with Gasteiger partial charge >= 0.3 is 12.1 Å². The molecule has 2 aromatic carbocycles. The summed E-state index contributed by atoms with van der Waals surface area (Å²) in [5.41, 5.74) is 2.15. The van der Waals surface area contributed by atoms with Crippen molar-refractivity contribution in [3.8, 4) is 16.3 Å². The molecule has 0 amide bonds. The van der Waals surface area contributed by atoms with Crippen LogP contribution in [0.15, 0.2) is 48.7 Å². The van der Waals surface area contributed by atoms with Gasteiger partial charge in [0, 0.05) is 22.7 Å². The maximum atomic E-state index is 12.8. The zero-order valence-electron chi connectivity index (χ0n) is 16.3. The number of aryl methyl sites for hydroxylation is 1. The molecule has 0 aliphatic heterocycles. The summed E-state index contributed by atoms with van der Waals surface area (Å²) in [7, 11) is 0. The molecule has 4 rings (SSSR count). The third-order valence-corrected chi connectivity index (χ3v) is 5.98. The molecule has 0 bridgehead atoms. The first-order valence-corrected chi connectivity index (χ1v) is 10.1. The molecule has 0 atom stereocenters. The largest absolute Gasteiger partial charge is 0.488 e. The van der Waals surface area contributed by atoms with Gasteiger partial charge in [-0.15, -0.1) is 11.3 Å². The van der Waals surface area contributed by atoms with Crippen molar-refractivity contribution in [2.45, 2.75) is 26.1 Å². The number of aromatic nitrogens is 2. The van der Waals surface area contributed by atoms with E-state index in [1.54, 1.807) is 18.3 Å². The van der Waals surface area contributed by atoms with E-state index in [0.717, 1.165) is 33.6 Å². The summed E-state index contributed by atoms with van der Waals surface area (Å²) in [5, 5.41) is 10.4. The van der Waals surface area contributed by atoms with Crippen molar-refractivity contribution in [1.82, 2.24) is 9.97 Å². The number of rotatable bonds is 6. The van der Waals surface area contributed by atoms with E-state index in [4.69, 9.17) is 9.84 Å². The molecule has 0 spiro atoms. The Bertz CT molecular complexity index is 1240. The lowest BCUT2D eigenvalue weighted by molar-refractivity contribution is -0.138. The van der Waals surface area contributed by atoms with Crippen LogP contribution >= 0.6 is 11.3 Å². The summed E-state index contributed by atoms with van der Waals surface area (Å²) in [4.78, 5) is 19.4. The van der Waals surface area contributed by atoms with Crippen LogP contribution in [-0.4, -0.2) is 21.0 Å². The number of aromatic amines is 1. The molecule has 31 heavy (non-hydrogen) atoms. The average molecular weight is 446 g/mol. The first-order chi connectivity index (χ1) is 14.7. The smallest absolute Gasteiger partial charge is 0.416 e. The van der Waals surface area contributed by atoms with Gasteiger partial charge < -0.3 is 14.8 Å². The molecule has 0 aliphatic carbocycles. The maximum absolute atomic E-state index is 12.8. The summed E-state index contributed by atoms with van der Waals surface area (Å²) < 4.78 is 44.1. The predicted octanol–water partition coefficient (Wildman–Crippen LogP) is 5.82. The predicted molar refractivity (Wildman–Crippen MR) is 111 cm³/mol. The molecule has 2 aromatic heterocycles. The molecule has 2 N–H and O–H groups in total. The minimum atomic E-state index is -4.37. The molecule has 5 nitrogen and oxygen atoms in total.